The number of phosphoric ester groups is 1. The van der Waals surface area contributed by atoms with Gasteiger partial charge < -0.3 is 4.21 Å². The van der Waals surface area contributed by atoms with Crippen molar-refractivity contribution in [2.75, 3.05) is 13.2 Å². The molecule has 0 aliphatic carbocycles. The molecular formula is C9H19O4PSi. The summed E-state index contributed by atoms with van der Waals surface area (Å²) in [4.78, 5) is 0. The van der Waals surface area contributed by atoms with Crippen LogP contribution in [-0.4, -0.2) is 21.5 Å². The third-order valence-corrected chi connectivity index (χ3v) is 5.10. The minimum atomic E-state index is -3.45. The van der Waals surface area contributed by atoms with Gasteiger partial charge in [0, 0.05) is 0 Å². The highest BCUT2D eigenvalue weighted by molar-refractivity contribution is 7.50. The lowest BCUT2D eigenvalue weighted by Crippen LogP contribution is -2.25. The fourth-order valence-corrected chi connectivity index (χ4v) is 4.47. The van der Waals surface area contributed by atoms with Crippen molar-refractivity contribution in [3.63, 3.8) is 0 Å². The van der Waals surface area contributed by atoms with Crippen molar-refractivity contribution in [1.29, 1.82) is 0 Å². The maximum absolute atomic E-state index is 12.0. The molecule has 6 heteroatoms. The van der Waals surface area contributed by atoms with Crippen molar-refractivity contribution >= 4 is 16.1 Å². The topological polar surface area (TPSA) is 44.8 Å². The summed E-state index contributed by atoms with van der Waals surface area (Å²) < 4.78 is 27.5. The zero-order valence-electron chi connectivity index (χ0n) is 9.56. The quantitative estimate of drug-likeness (QED) is 0.376. The van der Waals surface area contributed by atoms with E-state index in [-0.39, 0.29) is 13.2 Å². The Morgan fingerprint density at radius 2 is 1.53 bits per heavy atom. The molecule has 0 aromatic rings. The van der Waals surface area contributed by atoms with Crippen LogP contribution in [0, 0.1) is 0 Å². The van der Waals surface area contributed by atoms with E-state index in [9.17, 15) is 4.57 Å². The Hall–Kier alpha value is -0.193. The van der Waals surface area contributed by atoms with E-state index >= 15 is 0 Å². The molecule has 0 aromatic heterocycles. The summed E-state index contributed by atoms with van der Waals surface area (Å²) in [6.07, 6.45) is 3.00. The minimum absolute atomic E-state index is 0.138. The largest absolute Gasteiger partial charge is 0.465 e. The molecular weight excluding hydrogens is 231 g/mol. The van der Waals surface area contributed by atoms with E-state index in [0.29, 0.717) is 0 Å². The lowest BCUT2D eigenvalue weighted by Gasteiger charge is -2.24. The molecule has 0 atom stereocenters. The molecule has 15 heavy (non-hydrogen) atoms. The number of phosphoric acid groups is 1. The van der Waals surface area contributed by atoms with Crippen molar-refractivity contribution in [2.45, 2.75) is 19.6 Å². The van der Waals surface area contributed by atoms with Crippen molar-refractivity contribution in [3.8, 4) is 0 Å². The zero-order chi connectivity index (χ0) is 11.9. The zero-order valence-corrected chi connectivity index (χ0v) is 11.5. The van der Waals surface area contributed by atoms with Crippen LogP contribution in [0.15, 0.2) is 25.3 Å². The Morgan fingerprint density at radius 1 is 1.13 bits per heavy atom. The van der Waals surface area contributed by atoms with Crippen LogP contribution in [0.5, 0.6) is 0 Å². The Balaban J connectivity index is 4.46. The first-order chi connectivity index (χ1) is 6.83. The van der Waals surface area contributed by atoms with Crippen LogP contribution in [0.3, 0.4) is 0 Å². The molecule has 0 heterocycles. The molecule has 0 radical (unpaired) electrons. The predicted octanol–water partition coefficient (Wildman–Crippen LogP) is 3.35. The van der Waals surface area contributed by atoms with Gasteiger partial charge in [-0.25, -0.2) is 4.57 Å². The molecule has 0 bridgehead atoms. The van der Waals surface area contributed by atoms with Crippen LogP contribution in [-0.2, 0) is 17.8 Å². The highest BCUT2D eigenvalue weighted by Gasteiger charge is 2.33. The van der Waals surface area contributed by atoms with Gasteiger partial charge in [-0.05, 0) is 19.6 Å². The second kappa shape index (κ2) is 6.40. The van der Waals surface area contributed by atoms with E-state index in [2.05, 4.69) is 13.2 Å². The SMILES string of the molecule is C=CCOP(=O)(OCC=C)O[Si](C)(C)C. The van der Waals surface area contributed by atoms with E-state index in [1.54, 1.807) is 0 Å². The van der Waals surface area contributed by atoms with E-state index in [4.69, 9.17) is 13.3 Å². The number of rotatable bonds is 8. The summed E-state index contributed by atoms with van der Waals surface area (Å²) in [5, 5.41) is 0. The van der Waals surface area contributed by atoms with Gasteiger partial charge in [-0.15, -0.1) is 13.2 Å². The molecule has 88 valence electrons. The maximum atomic E-state index is 12.0. The second-order valence-corrected chi connectivity index (χ2v) is 10.2. The smallest absolute Gasteiger partial charge is 0.330 e. The number of hydrogen-bond acceptors (Lipinski definition) is 4. The first-order valence-electron chi connectivity index (χ1n) is 4.64. The van der Waals surface area contributed by atoms with Crippen molar-refractivity contribution in [2.24, 2.45) is 0 Å². The molecule has 0 spiro atoms. The van der Waals surface area contributed by atoms with Gasteiger partial charge in [0.15, 0.2) is 8.32 Å². The average molecular weight is 250 g/mol. The molecule has 0 saturated carbocycles. The standard InChI is InChI=1S/C9H19O4PSi/c1-6-8-11-14(10,12-9-7-2)13-15(3,4)5/h6-7H,1-2,8-9H2,3-5H3. The van der Waals surface area contributed by atoms with E-state index < -0.39 is 16.1 Å². The second-order valence-electron chi connectivity index (χ2n) is 3.82. The fraction of sp³-hybridized carbons (Fsp3) is 0.556. The van der Waals surface area contributed by atoms with Crippen molar-refractivity contribution in [1.82, 2.24) is 0 Å². The molecule has 0 aliphatic heterocycles. The lowest BCUT2D eigenvalue weighted by molar-refractivity contribution is 0.179. The van der Waals surface area contributed by atoms with E-state index in [1.807, 2.05) is 19.6 Å². The van der Waals surface area contributed by atoms with Gasteiger partial charge in [0.1, 0.15) is 0 Å². The van der Waals surface area contributed by atoms with Crippen LogP contribution >= 0.6 is 7.82 Å². The van der Waals surface area contributed by atoms with E-state index in [0.717, 1.165) is 0 Å². The summed E-state index contributed by atoms with van der Waals surface area (Å²) in [6, 6.07) is 0. The Bertz CT molecular complexity index is 243. The Labute approximate surface area is 92.7 Å². The third kappa shape index (κ3) is 7.70. The molecule has 4 nitrogen and oxygen atoms in total. The highest BCUT2D eigenvalue weighted by Crippen LogP contribution is 2.51. The monoisotopic (exact) mass is 250 g/mol. The summed E-state index contributed by atoms with van der Waals surface area (Å²) in [5.74, 6) is 0. The van der Waals surface area contributed by atoms with Gasteiger partial charge in [-0.1, -0.05) is 12.2 Å². The minimum Gasteiger partial charge on any atom is -0.330 e. The maximum Gasteiger partial charge on any atom is 0.465 e. The third-order valence-electron chi connectivity index (χ3n) is 1.09. The summed E-state index contributed by atoms with van der Waals surface area (Å²) in [6.45, 7) is 13.0. The van der Waals surface area contributed by atoms with Crippen LogP contribution in [0.4, 0.5) is 0 Å². The van der Waals surface area contributed by atoms with Gasteiger partial charge in [-0.2, -0.15) is 0 Å². The van der Waals surface area contributed by atoms with Crippen LogP contribution in [0.2, 0.25) is 19.6 Å². The summed E-state index contributed by atoms with van der Waals surface area (Å²) >= 11 is 0. The molecule has 0 unspecified atom stereocenters. The van der Waals surface area contributed by atoms with Crippen molar-refractivity contribution < 1.29 is 17.8 Å². The predicted molar refractivity (Wildman–Crippen MR) is 64.3 cm³/mol. The molecule has 0 N–H and O–H groups in total. The van der Waals surface area contributed by atoms with Gasteiger partial charge >= 0.3 is 7.82 Å². The molecule has 0 aromatic carbocycles. The fourth-order valence-electron chi connectivity index (χ4n) is 0.713. The first-order valence-corrected chi connectivity index (χ1v) is 9.51. The lowest BCUT2D eigenvalue weighted by atomic mass is 10.7. The molecule has 0 saturated heterocycles. The van der Waals surface area contributed by atoms with Crippen LogP contribution in [0.25, 0.3) is 0 Å². The summed E-state index contributed by atoms with van der Waals surface area (Å²) in [7, 11) is -5.43. The van der Waals surface area contributed by atoms with Gasteiger partial charge in [0.05, 0.1) is 13.2 Å². The molecule has 0 amide bonds. The average Bonchev–Trinajstić information content (AvgIpc) is 2.09. The number of hydrogen-bond donors (Lipinski definition) is 0. The van der Waals surface area contributed by atoms with Gasteiger partial charge in [-0.3, -0.25) is 9.05 Å². The van der Waals surface area contributed by atoms with Gasteiger partial charge in [0.25, 0.3) is 0 Å². The molecule has 0 aliphatic rings. The Morgan fingerprint density at radius 3 is 1.80 bits per heavy atom. The highest BCUT2D eigenvalue weighted by atomic mass is 31.2. The first kappa shape index (κ1) is 14.8. The Kier molecular flexibility index (Phi) is 6.32. The van der Waals surface area contributed by atoms with Crippen LogP contribution < -0.4 is 0 Å². The summed E-state index contributed by atoms with van der Waals surface area (Å²) in [5.41, 5.74) is 0. The van der Waals surface area contributed by atoms with Gasteiger partial charge in [0.2, 0.25) is 0 Å². The molecule has 0 rings (SSSR count). The van der Waals surface area contributed by atoms with Crippen molar-refractivity contribution in [3.05, 3.63) is 25.3 Å². The van der Waals surface area contributed by atoms with Crippen LogP contribution in [0.1, 0.15) is 0 Å². The normalized spacial score (nSPS) is 12.5. The molecule has 0 fully saturated rings. The van der Waals surface area contributed by atoms with E-state index in [1.165, 1.54) is 12.2 Å².